The highest BCUT2D eigenvalue weighted by Crippen LogP contribution is 2.48. The number of aromatic nitrogens is 1. The SMILES string of the molecule is c1ccc(-c2ccccc2-c2c(-c3ccccc3)cccc2N(c2ccc(-c3ccc4ccccc4c3)cc2)c2ccc(-c3ccc4c(c3)c3ccccc3n4-c3ccccc3)cc2)cc1. The summed E-state index contributed by atoms with van der Waals surface area (Å²) in [5, 5.41) is 4.97. The molecule has 11 aromatic carbocycles. The molecular formula is C64H44N2. The maximum atomic E-state index is 2.44. The fraction of sp³-hybridized carbons (Fsp3) is 0. The van der Waals surface area contributed by atoms with Gasteiger partial charge in [0, 0.05) is 33.4 Å². The minimum Gasteiger partial charge on any atom is -0.310 e. The van der Waals surface area contributed by atoms with Gasteiger partial charge in [0.2, 0.25) is 0 Å². The maximum absolute atomic E-state index is 2.44. The largest absolute Gasteiger partial charge is 0.310 e. The number of nitrogens with zero attached hydrogens (tertiary/aromatic N) is 2. The minimum absolute atomic E-state index is 1.07. The van der Waals surface area contributed by atoms with Crippen LogP contribution in [0, 0.1) is 0 Å². The first-order valence-electron chi connectivity index (χ1n) is 22.7. The van der Waals surface area contributed by atoms with E-state index in [-0.39, 0.29) is 0 Å². The van der Waals surface area contributed by atoms with Crippen molar-refractivity contribution < 1.29 is 0 Å². The summed E-state index contributed by atoms with van der Waals surface area (Å²) in [6, 6.07) is 97.0. The summed E-state index contributed by atoms with van der Waals surface area (Å²) in [6.45, 7) is 0. The molecule has 0 amide bonds. The smallest absolute Gasteiger partial charge is 0.0546 e. The zero-order chi connectivity index (χ0) is 43.8. The van der Waals surface area contributed by atoms with Crippen LogP contribution in [-0.4, -0.2) is 4.57 Å². The summed E-state index contributed by atoms with van der Waals surface area (Å²) in [5.74, 6) is 0. The number of anilines is 3. The Hall–Kier alpha value is -8.72. The quantitative estimate of drug-likeness (QED) is 0.141. The normalized spacial score (nSPS) is 11.3. The molecule has 0 saturated heterocycles. The summed E-state index contributed by atoms with van der Waals surface area (Å²) in [4.78, 5) is 2.44. The summed E-state index contributed by atoms with van der Waals surface area (Å²) >= 11 is 0. The van der Waals surface area contributed by atoms with Gasteiger partial charge in [-0.05, 0) is 128 Å². The fourth-order valence-corrected chi connectivity index (χ4v) is 9.85. The third kappa shape index (κ3) is 7.02. The zero-order valence-electron chi connectivity index (χ0n) is 36.3. The number of fused-ring (bicyclic) bond motifs is 4. The van der Waals surface area contributed by atoms with Crippen LogP contribution in [0.2, 0.25) is 0 Å². The van der Waals surface area contributed by atoms with Gasteiger partial charge < -0.3 is 9.47 Å². The lowest BCUT2D eigenvalue weighted by Crippen LogP contribution is -2.12. The molecule has 2 nitrogen and oxygen atoms in total. The Morgan fingerprint density at radius 3 is 1.47 bits per heavy atom. The van der Waals surface area contributed by atoms with E-state index in [1.807, 2.05) is 0 Å². The van der Waals surface area contributed by atoms with Crippen LogP contribution in [0.1, 0.15) is 0 Å². The Morgan fingerprint density at radius 1 is 0.273 bits per heavy atom. The Balaban J connectivity index is 1.03. The van der Waals surface area contributed by atoms with Crippen molar-refractivity contribution in [1.29, 1.82) is 0 Å². The number of hydrogen-bond donors (Lipinski definition) is 0. The van der Waals surface area contributed by atoms with E-state index < -0.39 is 0 Å². The first-order chi connectivity index (χ1) is 32.7. The summed E-state index contributed by atoms with van der Waals surface area (Å²) in [7, 11) is 0. The average Bonchev–Trinajstić information content (AvgIpc) is 3.73. The van der Waals surface area contributed by atoms with Crippen molar-refractivity contribution in [3.05, 3.63) is 267 Å². The lowest BCUT2D eigenvalue weighted by Gasteiger charge is -2.30. The molecule has 2 heteroatoms. The van der Waals surface area contributed by atoms with Gasteiger partial charge in [0.15, 0.2) is 0 Å². The third-order valence-corrected chi connectivity index (χ3v) is 13.0. The van der Waals surface area contributed by atoms with E-state index in [4.69, 9.17) is 0 Å². The molecule has 66 heavy (non-hydrogen) atoms. The second-order valence-corrected chi connectivity index (χ2v) is 16.9. The molecule has 0 N–H and O–H groups in total. The van der Waals surface area contributed by atoms with Gasteiger partial charge in [-0.2, -0.15) is 0 Å². The molecule has 0 aliphatic rings. The summed E-state index contributed by atoms with van der Waals surface area (Å²) in [6.07, 6.45) is 0. The van der Waals surface area contributed by atoms with Gasteiger partial charge in [0.25, 0.3) is 0 Å². The van der Waals surface area contributed by atoms with Gasteiger partial charge in [0.1, 0.15) is 0 Å². The molecule has 0 saturated carbocycles. The van der Waals surface area contributed by atoms with Crippen LogP contribution in [0.5, 0.6) is 0 Å². The Morgan fingerprint density at radius 2 is 0.773 bits per heavy atom. The van der Waals surface area contributed by atoms with Crippen LogP contribution in [0.3, 0.4) is 0 Å². The predicted molar refractivity (Wildman–Crippen MR) is 280 cm³/mol. The highest BCUT2D eigenvalue weighted by Gasteiger charge is 2.23. The van der Waals surface area contributed by atoms with Gasteiger partial charge in [-0.25, -0.2) is 0 Å². The van der Waals surface area contributed by atoms with Gasteiger partial charge >= 0.3 is 0 Å². The van der Waals surface area contributed by atoms with E-state index in [1.165, 1.54) is 82.6 Å². The van der Waals surface area contributed by atoms with Gasteiger partial charge in [-0.3, -0.25) is 0 Å². The fourth-order valence-electron chi connectivity index (χ4n) is 9.85. The Bertz CT molecular complexity index is 3660. The topological polar surface area (TPSA) is 8.17 Å². The van der Waals surface area contributed by atoms with E-state index in [2.05, 4.69) is 276 Å². The van der Waals surface area contributed by atoms with Crippen molar-refractivity contribution in [1.82, 2.24) is 4.57 Å². The van der Waals surface area contributed by atoms with E-state index in [0.29, 0.717) is 0 Å². The van der Waals surface area contributed by atoms with Crippen LogP contribution in [0.15, 0.2) is 267 Å². The third-order valence-electron chi connectivity index (χ3n) is 13.0. The molecular weight excluding hydrogens is 797 g/mol. The monoisotopic (exact) mass is 840 g/mol. The number of para-hydroxylation sites is 2. The van der Waals surface area contributed by atoms with Crippen LogP contribution in [0.25, 0.3) is 93.9 Å². The van der Waals surface area contributed by atoms with Crippen molar-refractivity contribution >= 4 is 49.6 Å². The lowest BCUT2D eigenvalue weighted by molar-refractivity contribution is 1.18. The number of rotatable bonds is 9. The van der Waals surface area contributed by atoms with E-state index in [0.717, 1.165) is 28.3 Å². The van der Waals surface area contributed by atoms with Crippen molar-refractivity contribution in [2.24, 2.45) is 0 Å². The van der Waals surface area contributed by atoms with Crippen molar-refractivity contribution in [2.75, 3.05) is 4.90 Å². The molecule has 0 spiro atoms. The number of benzene rings is 11. The summed E-state index contributed by atoms with van der Waals surface area (Å²) in [5.41, 5.74) is 18.6. The van der Waals surface area contributed by atoms with Gasteiger partial charge in [0.05, 0.1) is 16.7 Å². The van der Waals surface area contributed by atoms with Crippen LogP contribution in [-0.2, 0) is 0 Å². The van der Waals surface area contributed by atoms with Crippen molar-refractivity contribution in [3.63, 3.8) is 0 Å². The molecule has 12 rings (SSSR count). The second kappa shape index (κ2) is 16.8. The van der Waals surface area contributed by atoms with Crippen LogP contribution >= 0.6 is 0 Å². The molecule has 12 aromatic rings. The highest BCUT2D eigenvalue weighted by atomic mass is 15.1. The molecule has 0 unspecified atom stereocenters. The second-order valence-electron chi connectivity index (χ2n) is 16.9. The standard InChI is InChI=1S/C64H44N2/c1-4-18-48(19-5-1)56-25-12-13-27-59(56)64-57(49-20-6-2-7-21-49)28-16-30-63(64)65(54-38-33-46(34-39-54)51-32-31-45-17-10-11-22-50(45)43-51)55-40-35-47(36-41-55)52-37-42-62-60(44-52)58-26-14-15-29-61(58)66(62)53-23-8-3-9-24-53/h1-44H. The molecule has 0 aliphatic heterocycles. The Labute approximate surface area is 385 Å². The molecule has 0 bridgehead atoms. The first-order valence-corrected chi connectivity index (χ1v) is 22.7. The molecule has 0 aliphatic carbocycles. The average molecular weight is 841 g/mol. The molecule has 1 heterocycles. The Kier molecular flexibility index (Phi) is 9.89. The first kappa shape index (κ1) is 38.9. The summed E-state index contributed by atoms with van der Waals surface area (Å²) < 4.78 is 2.37. The predicted octanol–water partition coefficient (Wildman–Crippen LogP) is 17.7. The number of hydrogen-bond acceptors (Lipinski definition) is 1. The highest BCUT2D eigenvalue weighted by molar-refractivity contribution is 6.10. The van der Waals surface area contributed by atoms with E-state index >= 15 is 0 Å². The van der Waals surface area contributed by atoms with Crippen molar-refractivity contribution in [2.45, 2.75) is 0 Å². The van der Waals surface area contributed by atoms with Crippen LogP contribution < -0.4 is 4.90 Å². The molecule has 0 atom stereocenters. The molecule has 310 valence electrons. The maximum Gasteiger partial charge on any atom is 0.0546 e. The molecule has 1 aromatic heterocycles. The molecule has 0 fully saturated rings. The van der Waals surface area contributed by atoms with Gasteiger partial charge in [-0.1, -0.05) is 200 Å². The van der Waals surface area contributed by atoms with Crippen molar-refractivity contribution in [3.8, 4) is 61.3 Å². The minimum atomic E-state index is 1.07. The molecule has 0 radical (unpaired) electrons. The van der Waals surface area contributed by atoms with E-state index in [1.54, 1.807) is 0 Å². The van der Waals surface area contributed by atoms with E-state index in [9.17, 15) is 0 Å². The zero-order valence-corrected chi connectivity index (χ0v) is 36.3. The lowest BCUT2D eigenvalue weighted by atomic mass is 9.87. The van der Waals surface area contributed by atoms with Crippen LogP contribution in [0.4, 0.5) is 17.1 Å². The van der Waals surface area contributed by atoms with Gasteiger partial charge in [-0.15, -0.1) is 0 Å².